The molecule has 0 radical (unpaired) electrons. The van der Waals surface area contributed by atoms with Crippen molar-refractivity contribution in [3.05, 3.63) is 29.8 Å². The standard InChI is InChI=1S/C15H21N3O2/c1-2-15(7-9-17-10-8-15)14(20)18-12-6-4-3-5-11(12)13(16)19/h3-6,17H,2,7-10H2,1H3,(H2,16,19)(H,18,20). The Balaban J connectivity index is 2.20. The van der Waals surface area contributed by atoms with Crippen molar-refractivity contribution in [2.75, 3.05) is 18.4 Å². The lowest BCUT2D eigenvalue weighted by molar-refractivity contribution is -0.127. The molecule has 0 bridgehead atoms. The fourth-order valence-electron chi connectivity index (χ4n) is 2.71. The molecule has 0 spiro atoms. The molecule has 1 aromatic carbocycles. The number of rotatable bonds is 4. The molecule has 1 aliphatic heterocycles. The van der Waals surface area contributed by atoms with E-state index in [0.717, 1.165) is 32.4 Å². The number of para-hydroxylation sites is 1. The summed E-state index contributed by atoms with van der Waals surface area (Å²) >= 11 is 0. The molecule has 20 heavy (non-hydrogen) atoms. The van der Waals surface area contributed by atoms with Gasteiger partial charge in [-0.25, -0.2) is 0 Å². The van der Waals surface area contributed by atoms with Gasteiger partial charge in [-0.05, 0) is 44.5 Å². The fraction of sp³-hybridized carbons (Fsp3) is 0.467. The van der Waals surface area contributed by atoms with Gasteiger partial charge in [-0.2, -0.15) is 0 Å². The largest absolute Gasteiger partial charge is 0.366 e. The highest BCUT2D eigenvalue weighted by atomic mass is 16.2. The molecule has 4 N–H and O–H groups in total. The molecule has 2 rings (SSSR count). The Hall–Kier alpha value is -1.88. The molecule has 1 aliphatic rings. The lowest BCUT2D eigenvalue weighted by Crippen LogP contribution is -2.44. The SMILES string of the molecule is CCC1(C(=O)Nc2ccccc2C(N)=O)CCNCC1. The van der Waals surface area contributed by atoms with Crippen LogP contribution in [0.5, 0.6) is 0 Å². The summed E-state index contributed by atoms with van der Waals surface area (Å²) in [6, 6.07) is 6.85. The zero-order chi connectivity index (χ0) is 14.6. The molecule has 0 unspecified atom stereocenters. The van der Waals surface area contributed by atoms with E-state index in [4.69, 9.17) is 5.73 Å². The average molecular weight is 275 g/mol. The highest BCUT2D eigenvalue weighted by Crippen LogP contribution is 2.34. The molecule has 0 saturated carbocycles. The molecule has 1 fully saturated rings. The summed E-state index contributed by atoms with van der Waals surface area (Å²) in [4.78, 5) is 24.0. The van der Waals surface area contributed by atoms with Crippen molar-refractivity contribution in [3.63, 3.8) is 0 Å². The maximum Gasteiger partial charge on any atom is 0.250 e. The van der Waals surface area contributed by atoms with Gasteiger partial charge in [0.2, 0.25) is 5.91 Å². The van der Waals surface area contributed by atoms with Crippen LogP contribution in [0.2, 0.25) is 0 Å². The van der Waals surface area contributed by atoms with E-state index in [-0.39, 0.29) is 11.3 Å². The van der Waals surface area contributed by atoms with Crippen molar-refractivity contribution >= 4 is 17.5 Å². The van der Waals surface area contributed by atoms with Crippen molar-refractivity contribution < 1.29 is 9.59 Å². The van der Waals surface area contributed by atoms with Gasteiger partial charge in [-0.3, -0.25) is 9.59 Å². The number of nitrogens with two attached hydrogens (primary N) is 1. The Labute approximate surface area is 118 Å². The summed E-state index contributed by atoms with van der Waals surface area (Å²) in [7, 11) is 0. The summed E-state index contributed by atoms with van der Waals surface area (Å²) in [6.07, 6.45) is 2.42. The molecule has 1 aromatic rings. The summed E-state index contributed by atoms with van der Waals surface area (Å²) in [5.41, 5.74) is 5.83. The number of hydrogen-bond acceptors (Lipinski definition) is 3. The number of nitrogens with one attached hydrogen (secondary N) is 2. The van der Waals surface area contributed by atoms with Gasteiger partial charge in [0.15, 0.2) is 0 Å². The molecule has 2 amide bonds. The van der Waals surface area contributed by atoms with Crippen LogP contribution < -0.4 is 16.4 Å². The molecule has 0 aliphatic carbocycles. The molecule has 1 heterocycles. The lowest BCUT2D eigenvalue weighted by atomic mass is 9.76. The first-order chi connectivity index (χ1) is 9.59. The van der Waals surface area contributed by atoms with Crippen LogP contribution in [0.15, 0.2) is 24.3 Å². The Bertz CT molecular complexity index is 508. The Morgan fingerprint density at radius 1 is 1.30 bits per heavy atom. The van der Waals surface area contributed by atoms with Gasteiger partial charge in [-0.15, -0.1) is 0 Å². The van der Waals surface area contributed by atoms with E-state index < -0.39 is 5.91 Å². The van der Waals surface area contributed by atoms with Crippen molar-refractivity contribution in [1.82, 2.24) is 5.32 Å². The van der Waals surface area contributed by atoms with Crippen LogP contribution >= 0.6 is 0 Å². The average Bonchev–Trinajstić information content (AvgIpc) is 2.48. The van der Waals surface area contributed by atoms with E-state index in [2.05, 4.69) is 10.6 Å². The molecule has 1 saturated heterocycles. The molecule has 0 atom stereocenters. The third-order valence-electron chi connectivity index (χ3n) is 4.16. The van der Waals surface area contributed by atoms with Crippen LogP contribution in [0.3, 0.4) is 0 Å². The zero-order valence-corrected chi connectivity index (χ0v) is 11.7. The van der Waals surface area contributed by atoms with Crippen molar-refractivity contribution in [2.24, 2.45) is 11.1 Å². The van der Waals surface area contributed by atoms with Crippen LogP contribution in [0, 0.1) is 5.41 Å². The third kappa shape index (κ3) is 2.82. The second-order valence-electron chi connectivity index (χ2n) is 5.25. The van der Waals surface area contributed by atoms with Crippen LogP contribution in [0.25, 0.3) is 0 Å². The Morgan fingerprint density at radius 2 is 1.95 bits per heavy atom. The summed E-state index contributed by atoms with van der Waals surface area (Å²) in [5, 5.41) is 6.15. The summed E-state index contributed by atoms with van der Waals surface area (Å²) in [5.74, 6) is -0.549. The summed E-state index contributed by atoms with van der Waals surface area (Å²) in [6.45, 7) is 3.72. The van der Waals surface area contributed by atoms with Crippen molar-refractivity contribution in [2.45, 2.75) is 26.2 Å². The third-order valence-corrected chi connectivity index (χ3v) is 4.16. The number of benzene rings is 1. The van der Waals surface area contributed by atoms with E-state index in [1.807, 2.05) is 6.92 Å². The number of piperidine rings is 1. The van der Waals surface area contributed by atoms with Gasteiger partial charge in [0, 0.05) is 0 Å². The minimum Gasteiger partial charge on any atom is -0.366 e. The quantitative estimate of drug-likeness (QED) is 0.778. The maximum atomic E-state index is 12.6. The number of primary amides is 1. The van der Waals surface area contributed by atoms with Gasteiger partial charge < -0.3 is 16.4 Å². The second kappa shape index (κ2) is 6.05. The smallest absolute Gasteiger partial charge is 0.250 e. The molecule has 0 aromatic heterocycles. The number of amides is 2. The molecule has 108 valence electrons. The monoisotopic (exact) mass is 275 g/mol. The lowest BCUT2D eigenvalue weighted by Gasteiger charge is -2.35. The first kappa shape index (κ1) is 14.5. The van der Waals surface area contributed by atoms with E-state index in [0.29, 0.717) is 11.3 Å². The summed E-state index contributed by atoms with van der Waals surface area (Å²) < 4.78 is 0. The first-order valence-corrected chi connectivity index (χ1v) is 7.00. The molecule has 5 heteroatoms. The number of hydrogen-bond donors (Lipinski definition) is 3. The van der Waals surface area contributed by atoms with Gasteiger partial charge in [0.1, 0.15) is 0 Å². The Kier molecular flexibility index (Phi) is 4.39. The van der Waals surface area contributed by atoms with E-state index >= 15 is 0 Å². The molecular formula is C15H21N3O2. The highest BCUT2D eigenvalue weighted by molar-refractivity contribution is 6.04. The molecule has 5 nitrogen and oxygen atoms in total. The topological polar surface area (TPSA) is 84.2 Å². The van der Waals surface area contributed by atoms with Gasteiger partial charge in [0.05, 0.1) is 16.7 Å². The molecular weight excluding hydrogens is 254 g/mol. The first-order valence-electron chi connectivity index (χ1n) is 7.00. The van der Waals surface area contributed by atoms with Gasteiger partial charge in [-0.1, -0.05) is 19.1 Å². The van der Waals surface area contributed by atoms with Crippen LogP contribution in [-0.4, -0.2) is 24.9 Å². The van der Waals surface area contributed by atoms with E-state index in [9.17, 15) is 9.59 Å². The van der Waals surface area contributed by atoms with E-state index in [1.54, 1.807) is 24.3 Å². The van der Waals surface area contributed by atoms with Crippen molar-refractivity contribution in [1.29, 1.82) is 0 Å². The predicted molar refractivity (Wildman–Crippen MR) is 78.4 cm³/mol. The number of carbonyl (C=O) groups is 2. The van der Waals surface area contributed by atoms with E-state index in [1.165, 1.54) is 0 Å². The normalized spacial score (nSPS) is 17.4. The number of anilines is 1. The maximum absolute atomic E-state index is 12.6. The zero-order valence-electron chi connectivity index (χ0n) is 11.7. The van der Waals surface area contributed by atoms with Crippen LogP contribution in [0.4, 0.5) is 5.69 Å². The van der Waals surface area contributed by atoms with Crippen LogP contribution in [0.1, 0.15) is 36.5 Å². The predicted octanol–water partition coefficient (Wildman–Crippen LogP) is 1.50. The van der Waals surface area contributed by atoms with Crippen molar-refractivity contribution in [3.8, 4) is 0 Å². The number of carbonyl (C=O) groups excluding carboxylic acids is 2. The minimum absolute atomic E-state index is 0.0183. The van der Waals surface area contributed by atoms with Gasteiger partial charge >= 0.3 is 0 Å². The van der Waals surface area contributed by atoms with Gasteiger partial charge in [0.25, 0.3) is 5.91 Å². The fourth-order valence-corrected chi connectivity index (χ4v) is 2.71. The van der Waals surface area contributed by atoms with Crippen LogP contribution in [-0.2, 0) is 4.79 Å². The minimum atomic E-state index is -0.531. The second-order valence-corrected chi connectivity index (χ2v) is 5.25. The Morgan fingerprint density at radius 3 is 2.55 bits per heavy atom. The highest BCUT2D eigenvalue weighted by Gasteiger charge is 2.37.